The lowest BCUT2D eigenvalue weighted by molar-refractivity contribution is 0.0173. The van der Waals surface area contributed by atoms with Crippen LogP contribution in [0.25, 0.3) is 11.1 Å². The minimum Gasteiger partial charge on any atom is -0.490 e. The van der Waals surface area contributed by atoms with Crippen LogP contribution in [0.2, 0.25) is 5.02 Å². The molecule has 1 aromatic heterocycles. The number of pyridine rings is 1. The number of benzene rings is 2. The summed E-state index contributed by atoms with van der Waals surface area (Å²) in [6.45, 7) is 7.31. The Morgan fingerprint density at radius 2 is 1.90 bits per heavy atom. The van der Waals surface area contributed by atoms with E-state index in [1.54, 1.807) is 11.8 Å². The number of para-hydroxylation sites is 1. The number of alkyl carbamates (subject to hydrolysis) is 1. The Balaban J connectivity index is 1.14. The van der Waals surface area contributed by atoms with E-state index in [4.69, 9.17) is 30.5 Å². The van der Waals surface area contributed by atoms with Gasteiger partial charge in [0.05, 0.1) is 31.5 Å². The van der Waals surface area contributed by atoms with Gasteiger partial charge in [-0.25, -0.2) is 4.79 Å². The number of carbonyl (C=O) groups is 1. The van der Waals surface area contributed by atoms with E-state index in [-0.39, 0.29) is 5.60 Å². The highest BCUT2D eigenvalue weighted by Gasteiger charge is 2.47. The number of thioether (sulfide) groups is 1. The van der Waals surface area contributed by atoms with Gasteiger partial charge in [0.25, 0.3) is 0 Å². The number of halogens is 1. The number of amides is 1. The maximum Gasteiger partial charge on any atom is 0.407 e. The zero-order chi connectivity index (χ0) is 29.6. The molecule has 0 unspecified atom stereocenters. The van der Waals surface area contributed by atoms with Crippen molar-refractivity contribution in [3.05, 3.63) is 77.1 Å². The van der Waals surface area contributed by atoms with Crippen LogP contribution >= 0.6 is 23.4 Å². The number of nitrogens with zero attached hydrogens (tertiary/aromatic N) is 1. The van der Waals surface area contributed by atoms with E-state index in [2.05, 4.69) is 34.6 Å². The summed E-state index contributed by atoms with van der Waals surface area (Å²) in [5, 5.41) is 3.39. The molecule has 1 heterocycles. The van der Waals surface area contributed by atoms with Crippen LogP contribution in [-0.4, -0.2) is 48.3 Å². The fourth-order valence-electron chi connectivity index (χ4n) is 4.58. The largest absolute Gasteiger partial charge is 0.490 e. The second-order valence-electron chi connectivity index (χ2n) is 11.7. The maximum atomic E-state index is 11.7. The van der Waals surface area contributed by atoms with Gasteiger partial charge in [0.2, 0.25) is 0 Å². The van der Waals surface area contributed by atoms with Crippen LogP contribution in [0, 0.1) is 0 Å². The van der Waals surface area contributed by atoms with Crippen LogP contribution in [0.4, 0.5) is 4.79 Å². The molecule has 2 aromatic carbocycles. The Bertz CT molecular complexity index is 1370. The second kappa shape index (κ2) is 13.7. The third kappa shape index (κ3) is 8.63. The first kappa shape index (κ1) is 30.7. The Hall–Kier alpha value is -2.78. The van der Waals surface area contributed by atoms with E-state index in [0.717, 1.165) is 64.3 Å². The zero-order valence-corrected chi connectivity index (χ0v) is 26.1. The van der Waals surface area contributed by atoms with Gasteiger partial charge in [-0.05, 0) is 87.9 Å². The summed E-state index contributed by atoms with van der Waals surface area (Å²) in [6, 6.07) is 16.3. The molecule has 0 aliphatic heterocycles. The average molecular weight is 611 g/mol. The van der Waals surface area contributed by atoms with E-state index in [9.17, 15) is 4.79 Å². The quantitative estimate of drug-likeness (QED) is 0.147. The van der Waals surface area contributed by atoms with Gasteiger partial charge < -0.3 is 24.3 Å². The van der Waals surface area contributed by atoms with Crippen LogP contribution in [0.5, 0.6) is 5.75 Å². The maximum absolute atomic E-state index is 11.7. The number of hydrogen-bond donors (Lipinski definition) is 1. The van der Waals surface area contributed by atoms with E-state index in [1.165, 1.54) is 0 Å². The van der Waals surface area contributed by atoms with Crippen molar-refractivity contribution in [1.82, 2.24) is 10.3 Å². The molecule has 9 heteroatoms. The van der Waals surface area contributed by atoms with Gasteiger partial charge in [-0.1, -0.05) is 29.8 Å². The van der Waals surface area contributed by atoms with Gasteiger partial charge in [-0.15, -0.1) is 11.8 Å². The summed E-state index contributed by atoms with van der Waals surface area (Å²) < 4.78 is 23.7. The van der Waals surface area contributed by atoms with Crippen molar-refractivity contribution >= 4 is 29.5 Å². The molecule has 0 spiro atoms. The molecule has 0 bridgehead atoms. The molecular formula is C33H39ClN2O5S. The lowest BCUT2D eigenvalue weighted by Crippen LogP contribution is -2.34. The SMILES string of the molecule is CC(C)(C)OC(=O)NCCOCCSc1ccc(Cl)c(COC2(c3cnccc3-c3ccccc3OC3CC3)CC2)c1. The van der Waals surface area contributed by atoms with Crippen LogP contribution in [0.15, 0.2) is 65.8 Å². The molecule has 2 fully saturated rings. The van der Waals surface area contributed by atoms with E-state index < -0.39 is 11.7 Å². The summed E-state index contributed by atoms with van der Waals surface area (Å²) in [4.78, 5) is 17.3. The first-order chi connectivity index (χ1) is 20.2. The average Bonchev–Trinajstić information content (AvgIpc) is 3.89. The molecule has 42 heavy (non-hydrogen) atoms. The van der Waals surface area contributed by atoms with Crippen molar-refractivity contribution < 1.29 is 23.7 Å². The van der Waals surface area contributed by atoms with Crippen molar-refractivity contribution in [3.8, 4) is 16.9 Å². The molecule has 2 aliphatic rings. The molecule has 0 atom stereocenters. The first-order valence-corrected chi connectivity index (χ1v) is 15.9. The molecular weight excluding hydrogens is 572 g/mol. The van der Waals surface area contributed by atoms with Crippen LogP contribution in [-0.2, 0) is 26.4 Å². The number of aromatic nitrogens is 1. The molecule has 1 N–H and O–H groups in total. The van der Waals surface area contributed by atoms with Crippen molar-refractivity contribution in [2.45, 2.75) is 75.3 Å². The van der Waals surface area contributed by atoms with Crippen LogP contribution in [0.3, 0.4) is 0 Å². The van der Waals surface area contributed by atoms with Gasteiger partial charge in [-0.3, -0.25) is 4.98 Å². The Kier molecular flexibility index (Phi) is 9.99. The van der Waals surface area contributed by atoms with Crippen LogP contribution in [0.1, 0.15) is 57.6 Å². The highest BCUT2D eigenvalue weighted by molar-refractivity contribution is 7.99. The predicted octanol–water partition coefficient (Wildman–Crippen LogP) is 7.78. The molecule has 0 saturated heterocycles. The van der Waals surface area contributed by atoms with Crippen LogP contribution < -0.4 is 10.1 Å². The van der Waals surface area contributed by atoms with E-state index >= 15 is 0 Å². The summed E-state index contributed by atoms with van der Waals surface area (Å²) in [5.74, 6) is 1.69. The number of carbonyl (C=O) groups excluding carboxylic acids is 1. The first-order valence-electron chi connectivity index (χ1n) is 14.5. The van der Waals surface area contributed by atoms with Gasteiger partial charge in [0, 0.05) is 45.7 Å². The molecule has 3 aromatic rings. The summed E-state index contributed by atoms with van der Waals surface area (Å²) in [6.07, 6.45) is 7.76. The Morgan fingerprint density at radius 3 is 2.67 bits per heavy atom. The fraction of sp³-hybridized carbons (Fsp3) is 0.455. The minimum atomic E-state index is -0.512. The molecule has 7 nitrogen and oxygen atoms in total. The van der Waals surface area contributed by atoms with Crippen molar-refractivity contribution in [2.24, 2.45) is 0 Å². The monoisotopic (exact) mass is 610 g/mol. The van der Waals surface area contributed by atoms with Crippen molar-refractivity contribution in [3.63, 3.8) is 0 Å². The summed E-state index contributed by atoms with van der Waals surface area (Å²) in [7, 11) is 0. The van der Waals surface area contributed by atoms with Crippen molar-refractivity contribution in [1.29, 1.82) is 0 Å². The second-order valence-corrected chi connectivity index (χ2v) is 13.2. The smallest absolute Gasteiger partial charge is 0.407 e. The number of rotatable bonds is 14. The normalized spacial score (nSPS) is 15.7. The molecule has 0 radical (unpaired) electrons. The lowest BCUT2D eigenvalue weighted by atomic mass is 9.96. The third-order valence-corrected chi connectivity index (χ3v) is 8.27. The lowest BCUT2D eigenvalue weighted by Gasteiger charge is -2.22. The standard InChI is InChI=1S/C33H39ClN2O5S/c1-32(2,3)41-31(37)36-16-17-38-18-19-42-25-10-11-29(34)23(20-25)22-39-33(13-14-33)28-21-35-15-12-26(28)27-6-4-5-7-30(27)40-24-8-9-24/h4-7,10-12,15,20-21,24H,8-9,13-14,16-19,22H2,1-3H3,(H,36,37). The van der Waals surface area contributed by atoms with E-state index in [1.807, 2.05) is 57.4 Å². The number of hydrogen-bond acceptors (Lipinski definition) is 7. The highest BCUT2D eigenvalue weighted by atomic mass is 35.5. The fourth-order valence-corrected chi connectivity index (χ4v) is 5.58. The Morgan fingerprint density at radius 1 is 1.10 bits per heavy atom. The minimum absolute atomic E-state index is 0.322. The third-order valence-electron chi connectivity index (χ3n) is 6.94. The summed E-state index contributed by atoms with van der Waals surface area (Å²) >= 11 is 8.29. The molecule has 2 saturated carbocycles. The number of ether oxygens (including phenoxy) is 4. The Labute approximate surface area is 257 Å². The number of nitrogens with one attached hydrogen (secondary N) is 1. The molecule has 2 aliphatic carbocycles. The topological polar surface area (TPSA) is 78.9 Å². The van der Waals surface area contributed by atoms with E-state index in [0.29, 0.717) is 37.5 Å². The zero-order valence-electron chi connectivity index (χ0n) is 24.5. The molecule has 1 amide bonds. The molecule has 224 valence electrons. The molecule has 5 rings (SSSR count). The summed E-state index contributed by atoms with van der Waals surface area (Å²) in [5.41, 5.74) is 3.34. The van der Waals surface area contributed by atoms with Gasteiger partial charge in [-0.2, -0.15) is 0 Å². The van der Waals surface area contributed by atoms with Gasteiger partial charge >= 0.3 is 6.09 Å². The van der Waals surface area contributed by atoms with Gasteiger partial charge in [0.1, 0.15) is 11.4 Å². The highest BCUT2D eigenvalue weighted by Crippen LogP contribution is 2.53. The predicted molar refractivity (Wildman–Crippen MR) is 166 cm³/mol. The van der Waals surface area contributed by atoms with Crippen molar-refractivity contribution in [2.75, 3.05) is 25.5 Å². The van der Waals surface area contributed by atoms with Gasteiger partial charge in [0.15, 0.2) is 0 Å².